The van der Waals surface area contributed by atoms with Crippen LogP contribution in [0.4, 0.5) is 0 Å². The van der Waals surface area contributed by atoms with E-state index in [0.717, 1.165) is 33.0 Å². The number of hydrogen-bond acceptors (Lipinski definition) is 8. The summed E-state index contributed by atoms with van der Waals surface area (Å²) in [6.45, 7) is 0. The number of ether oxygens (including phenoxy) is 4. The Morgan fingerprint density at radius 3 is 1.36 bits per heavy atom. The number of rotatable bonds is 5. The average molecular weight is 410 g/mol. The summed E-state index contributed by atoms with van der Waals surface area (Å²) in [7, 11) is 4.28. The summed E-state index contributed by atoms with van der Waals surface area (Å²) in [4.78, 5) is 49.9. The van der Waals surface area contributed by atoms with Gasteiger partial charge in [-0.15, -0.1) is 0 Å². The Kier molecular flexibility index (Phi) is 6.42. The van der Waals surface area contributed by atoms with Gasteiger partial charge in [0.1, 0.15) is 22.5 Å². The summed E-state index contributed by atoms with van der Waals surface area (Å²) < 4.78 is 20.0. The summed E-state index contributed by atoms with van der Waals surface area (Å²) >= 11 is 5.90. The topological polar surface area (TPSA) is 110 Å². The number of carbonyl (C=O) groups excluding carboxylic acids is 4. The number of hydrogen-bond donors (Lipinski definition) is 0. The van der Waals surface area contributed by atoms with Crippen LogP contribution in [0.25, 0.3) is 5.69 Å². The van der Waals surface area contributed by atoms with Crippen molar-refractivity contribution in [3.05, 3.63) is 51.8 Å². The van der Waals surface area contributed by atoms with Crippen LogP contribution in [0.2, 0.25) is 5.02 Å². The van der Waals surface area contributed by atoms with E-state index in [1.54, 1.807) is 0 Å². The number of aromatic nitrogens is 1. The first-order chi connectivity index (χ1) is 13.3. The van der Waals surface area contributed by atoms with Crippen molar-refractivity contribution in [2.75, 3.05) is 28.4 Å². The molecule has 0 radical (unpaired) electrons. The van der Waals surface area contributed by atoms with Gasteiger partial charge in [0.2, 0.25) is 0 Å². The first-order valence-electron chi connectivity index (χ1n) is 7.70. The number of methoxy groups -OCH3 is 4. The second-order valence-electron chi connectivity index (χ2n) is 5.23. The Balaban J connectivity index is 3.09. The van der Waals surface area contributed by atoms with E-state index >= 15 is 0 Å². The Morgan fingerprint density at radius 1 is 0.679 bits per heavy atom. The molecule has 0 amide bonds. The molecule has 0 bridgehead atoms. The lowest BCUT2D eigenvalue weighted by molar-refractivity contribution is 0.0530. The summed E-state index contributed by atoms with van der Waals surface area (Å²) in [5.74, 6) is -4.07. The second-order valence-corrected chi connectivity index (χ2v) is 5.66. The van der Waals surface area contributed by atoms with E-state index in [-0.39, 0.29) is 5.69 Å². The fourth-order valence-electron chi connectivity index (χ4n) is 2.60. The predicted octanol–water partition coefficient (Wildman–Crippen LogP) is 2.28. The lowest BCUT2D eigenvalue weighted by atomic mass is 10.1. The van der Waals surface area contributed by atoms with E-state index < -0.39 is 46.4 Å². The highest BCUT2D eigenvalue weighted by atomic mass is 35.5. The van der Waals surface area contributed by atoms with E-state index in [1.807, 2.05) is 0 Å². The van der Waals surface area contributed by atoms with Crippen LogP contribution in [0.3, 0.4) is 0 Å². The van der Waals surface area contributed by atoms with Gasteiger partial charge >= 0.3 is 23.9 Å². The maximum absolute atomic E-state index is 12.5. The Morgan fingerprint density at radius 2 is 1.04 bits per heavy atom. The van der Waals surface area contributed by atoms with Gasteiger partial charge in [-0.1, -0.05) is 11.6 Å². The second kappa shape index (κ2) is 8.57. The van der Waals surface area contributed by atoms with Gasteiger partial charge in [0.15, 0.2) is 0 Å². The van der Waals surface area contributed by atoms with Crippen LogP contribution in [-0.4, -0.2) is 56.9 Å². The third kappa shape index (κ3) is 3.56. The zero-order chi connectivity index (χ0) is 21.0. The van der Waals surface area contributed by atoms with Crippen LogP contribution in [0.15, 0.2) is 24.3 Å². The van der Waals surface area contributed by atoms with Crippen molar-refractivity contribution in [3.8, 4) is 5.69 Å². The lowest BCUT2D eigenvalue weighted by Gasteiger charge is -2.12. The molecule has 0 aliphatic carbocycles. The van der Waals surface area contributed by atoms with Crippen LogP contribution in [0, 0.1) is 0 Å². The van der Waals surface area contributed by atoms with Gasteiger partial charge in [0.05, 0.1) is 28.4 Å². The largest absolute Gasteiger partial charge is 0.465 e. The highest BCUT2D eigenvalue weighted by Crippen LogP contribution is 2.30. The summed E-state index contributed by atoms with van der Waals surface area (Å²) in [5, 5.41) is 0.386. The minimum Gasteiger partial charge on any atom is -0.465 e. The molecule has 2 aromatic rings. The normalized spacial score (nSPS) is 10.2. The molecule has 0 spiro atoms. The molecule has 28 heavy (non-hydrogen) atoms. The predicted molar refractivity (Wildman–Crippen MR) is 96.1 cm³/mol. The number of halogens is 1. The third-order valence-corrected chi connectivity index (χ3v) is 4.04. The number of nitrogens with zero attached hydrogens (tertiary/aromatic N) is 1. The molecule has 148 valence electrons. The van der Waals surface area contributed by atoms with E-state index in [2.05, 4.69) is 0 Å². The van der Waals surface area contributed by atoms with E-state index in [1.165, 1.54) is 24.3 Å². The van der Waals surface area contributed by atoms with Crippen molar-refractivity contribution >= 4 is 35.5 Å². The van der Waals surface area contributed by atoms with Gasteiger partial charge in [-0.3, -0.25) is 4.57 Å². The van der Waals surface area contributed by atoms with Gasteiger partial charge in [-0.05, 0) is 24.3 Å². The molecule has 0 aliphatic rings. The van der Waals surface area contributed by atoms with E-state index in [0.29, 0.717) is 5.02 Å². The van der Waals surface area contributed by atoms with Crippen LogP contribution < -0.4 is 0 Å². The molecule has 0 saturated carbocycles. The highest BCUT2D eigenvalue weighted by Gasteiger charge is 2.39. The molecule has 1 aromatic carbocycles. The van der Waals surface area contributed by atoms with E-state index in [4.69, 9.17) is 30.5 Å². The van der Waals surface area contributed by atoms with Crippen molar-refractivity contribution in [1.29, 1.82) is 0 Å². The van der Waals surface area contributed by atoms with Gasteiger partial charge < -0.3 is 18.9 Å². The lowest BCUT2D eigenvalue weighted by Crippen LogP contribution is -2.17. The first-order valence-corrected chi connectivity index (χ1v) is 8.08. The minimum absolute atomic E-state index is 0.241. The van der Waals surface area contributed by atoms with Crippen molar-refractivity contribution in [3.63, 3.8) is 0 Å². The smallest absolute Gasteiger partial charge is 0.355 e. The van der Waals surface area contributed by atoms with Crippen LogP contribution >= 0.6 is 11.6 Å². The Labute approximate surface area is 164 Å². The monoisotopic (exact) mass is 409 g/mol. The quantitative estimate of drug-likeness (QED) is 0.546. The summed E-state index contributed by atoms with van der Waals surface area (Å²) in [6, 6.07) is 5.94. The molecular formula is C18H16ClNO8. The SMILES string of the molecule is COC(=O)c1c(C(=O)OC)c(C(=O)OC)n(-c2ccc(Cl)cc2)c1C(=O)OC. The highest BCUT2D eigenvalue weighted by molar-refractivity contribution is 6.30. The Hall–Kier alpha value is -3.33. The molecular weight excluding hydrogens is 394 g/mol. The van der Waals surface area contributed by atoms with Crippen molar-refractivity contribution in [1.82, 2.24) is 4.57 Å². The number of esters is 4. The maximum Gasteiger partial charge on any atom is 0.355 e. The first kappa shape index (κ1) is 21.0. The molecule has 10 heteroatoms. The van der Waals surface area contributed by atoms with Crippen LogP contribution in [0.1, 0.15) is 41.7 Å². The van der Waals surface area contributed by atoms with Crippen LogP contribution in [-0.2, 0) is 18.9 Å². The molecule has 9 nitrogen and oxygen atoms in total. The molecule has 2 rings (SSSR count). The number of carbonyl (C=O) groups is 4. The van der Waals surface area contributed by atoms with Gasteiger partial charge in [-0.2, -0.15) is 0 Å². The maximum atomic E-state index is 12.5. The van der Waals surface area contributed by atoms with Gasteiger partial charge in [0.25, 0.3) is 0 Å². The summed E-state index contributed by atoms with van der Waals surface area (Å²) in [6.07, 6.45) is 0. The van der Waals surface area contributed by atoms with Crippen LogP contribution in [0.5, 0.6) is 0 Å². The molecule has 0 fully saturated rings. The fraction of sp³-hybridized carbons (Fsp3) is 0.222. The molecule has 1 aromatic heterocycles. The van der Waals surface area contributed by atoms with Crippen molar-refractivity contribution < 1.29 is 38.1 Å². The Bertz CT molecular complexity index is 892. The fourth-order valence-corrected chi connectivity index (χ4v) is 2.73. The molecule has 0 unspecified atom stereocenters. The minimum atomic E-state index is -1.04. The zero-order valence-electron chi connectivity index (χ0n) is 15.4. The van der Waals surface area contributed by atoms with Crippen molar-refractivity contribution in [2.45, 2.75) is 0 Å². The molecule has 0 saturated heterocycles. The zero-order valence-corrected chi connectivity index (χ0v) is 16.2. The third-order valence-electron chi connectivity index (χ3n) is 3.79. The molecule has 0 N–H and O–H groups in total. The van der Waals surface area contributed by atoms with E-state index in [9.17, 15) is 19.2 Å². The molecule has 0 aliphatic heterocycles. The van der Waals surface area contributed by atoms with Crippen molar-refractivity contribution in [2.24, 2.45) is 0 Å². The molecule has 0 atom stereocenters. The van der Waals surface area contributed by atoms with Gasteiger partial charge in [0, 0.05) is 10.7 Å². The average Bonchev–Trinajstić information content (AvgIpc) is 3.07. The summed E-state index contributed by atoms with van der Waals surface area (Å²) in [5.41, 5.74) is -1.55. The van der Waals surface area contributed by atoms with Gasteiger partial charge in [-0.25, -0.2) is 19.2 Å². The standard InChI is InChI=1S/C18H16ClNO8/c1-25-15(21)11-12(16(22)26-2)14(18(24)28-4)20(13(11)17(23)27-3)10-7-5-9(19)6-8-10/h5-8H,1-4H3. The molecule has 1 heterocycles. The number of benzene rings is 1.